The van der Waals surface area contributed by atoms with Gasteiger partial charge >= 0.3 is 0 Å². The number of thiophene rings is 1. The molecule has 4 aliphatic rings. The lowest BCUT2D eigenvalue weighted by molar-refractivity contribution is 0.0448. The third kappa shape index (κ3) is 4.36. The average molecular weight is 639 g/mol. The highest BCUT2D eigenvalue weighted by Gasteiger charge is 2.49. The van der Waals surface area contributed by atoms with Gasteiger partial charge in [0.15, 0.2) is 28.6 Å². The lowest BCUT2D eigenvalue weighted by Crippen LogP contribution is -2.46. The molecule has 4 atom stereocenters. The van der Waals surface area contributed by atoms with Gasteiger partial charge in [0.05, 0.1) is 28.0 Å². The molecular weight excluding hydrogens is 600 g/mol. The molecule has 13 heteroatoms. The summed E-state index contributed by atoms with van der Waals surface area (Å²) in [7, 11) is 0. The van der Waals surface area contributed by atoms with E-state index in [-0.39, 0.29) is 17.8 Å². The molecule has 12 nitrogen and oxygen atoms in total. The highest BCUT2D eigenvalue weighted by molar-refractivity contribution is 7.16. The van der Waals surface area contributed by atoms with Crippen molar-refractivity contribution in [3.63, 3.8) is 0 Å². The number of aliphatic hydroxyl groups is 1. The Labute approximate surface area is 271 Å². The van der Waals surface area contributed by atoms with E-state index >= 15 is 0 Å². The van der Waals surface area contributed by atoms with Crippen LogP contribution in [-0.4, -0.2) is 61.3 Å². The summed E-state index contributed by atoms with van der Waals surface area (Å²) in [6, 6.07) is 4.87. The summed E-state index contributed by atoms with van der Waals surface area (Å²) >= 11 is 1.53. The van der Waals surface area contributed by atoms with Crippen molar-refractivity contribution < 1.29 is 9.63 Å². The summed E-state index contributed by atoms with van der Waals surface area (Å²) < 4.78 is 8.18. The van der Waals surface area contributed by atoms with Crippen LogP contribution < -0.4 is 16.0 Å². The SMILES string of the molecule is C[C@@H]([C@@H]1CCCN1)n1nc(C#N)c2c(N3CCC[C@@](C)(O)C3)nc(-c3noc4c3CCC[C@@]43CCCc4sc(N)c(C#N)c43)nc21. The van der Waals surface area contributed by atoms with Crippen LogP contribution in [0, 0.1) is 22.7 Å². The first kappa shape index (κ1) is 29.4. The van der Waals surface area contributed by atoms with Crippen molar-refractivity contribution in [1.29, 1.82) is 10.5 Å². The largest absolute Gasteiger partial charge is 0.389 e. The second-order valence-corrected chi connectivity index (χ2v) is 15.0. The molecule has 0 aromatic carbocycles. The molecule has 2 fully saturated rings. The summed E-state index contributed by atoms with van der Waals surface area (Å²) in [5.74, 6) is 1.81. The number of hydrogen-bond acceptors (Lipinski definition) is 12. The Morgan fingerprint density at radius 1 is 1.13 bits per heavy atom. The Hall–Kier alpha value is -4.04. The highest BCUT2D eigenvalue weighted by atomic mass is 32.1. The number of β-amino-alcohol motifs (C(OH)–C–C–N with tert-alkyl or cyclic N) is 1. The summed E-state index contributed by atoms with van der Waals surface area (Å²) in [6.07, 6.45) is 8.88. The van der Waals surface area contributed by atoms with Crippen molar-refractivity contribution >= 4 is 33.2 Å². The molecule has 8 rings (SSSR count). The van der Waals surface area contributed by atoms with Crippen LogP contribution in [0.5, 0.6) is 0 Å². The van der Waals surface area contributed by atoms with E-state index in [9.17, 15) is 15.6 Å². The van der Waals surface area contributed by atoms with Crippen LogP contribution in [0.4, 0.5) is 10.8 Å². The van der Waals surface area contributed by atoms with Crippen LogP contribution in [0.3, 0.4) is 0 Å². The molecule has 0 saturated carbocycles. The summed E-state index contributed by atoms with van der Waals surface area (Å²) in [5, 5.41) is 45.7. The fourth-order valence-electron chi connectivity index (χ4n) is 8.63. The zero-order valence-electron chi connectivity index (χ0n) is 26.3. The van der Waals surface area contributed by atoms with Gasteiger partial charge in [0.2, 0.25) is 0 Å². The topological polar surface area (TPSA) is 179 Å². The predicted molar refractivity (Wildman–Crippen MR) is 173 cm³/mol. The molecule has 6 heterocycles. The first-order valence-corrected chi connectivity index (χ1v) is 17.3. The van der Waals surface area contributed by atoms with Crippen molar-refractivity contribution in [2.45, 2.75) is 101 Å². The number of piperidine rings is 1. The lowest BCUT2D eigenvalue weighted by atomic mass is 9.63. The average Bonchev–Trinajstić information content (AvgIpc) is 3.85. The van der Waals surface area contributed by atoms with Crippen molar-refractivity contribution in [1.82, 2.24) is 30.2 Å². The van der Waals surface area contributed by atoms with E-state index in [2.05, 4.69) is 34.4 Å². The molecule has 0 unspecified atom stereocenters. The Morgan fingerprint density at radius 2 is 1.96 bits per heavy atom. The van der Waals surface area contributed by atoms with Crippen LogP contribution in [0.1, 0.15) is 104 Å². The number of nitrogens with one attached hydrogen (secondary N) is 1. The van der Waals surface area contributed by atoms with Gasteiger partial charge < -0.3 is 25.6 Å². The van der Waals surface area contributed by atoms with E-state index in [1.807, 2.05) is 11.6 Å². The molecule has 2 aliphatic heterocycles. The lowest BCUT2D eigenvalue weighted by Gasteiger charge is -2.39. The third-order valence-electron chi connectivity index (χ3n) is 10.8. The summed E-state index contributed by atoms with van der Waals surface area (Å²) in [6.45, 7) is 5.99. The number of aryl methyl sites for hydroxylation is 1. The van der Waals surface area contributed by atoms with Crippen molar-refractivity contribution in [2.75, 3.05) is 30.3 Å². The molecular formula is C33H38N10O2S. The highest BCUT2D eigenvalue weighted by Crippen LogP contribution is 2.55. The van der Waals surface area contributed by atoms with Crippen LogP contribution >= 0.6 is 11.3 Å². The van der Waals surface area contributed by atoms with E-state index in [1.165, 1.54) is 16.2 Å². The Morgan fingerprint density at radius 3 is 2.70 bits per heavy atom. The van der Waals surface area contributed by atoms with Crippen LogP contribution in [0.15, 0.2) is 4.52 Å². The predicted octanol–water partition coefficient (Wildman–Crippen LogP) is 4.49. The summed E-state index contributed by atoms with van der Waals surface area (Å²) in [5.41, 5.74) is 9.05. The number of aromatic nitrogens is 5. The van der Waals surface area contributed by atoms with Gasteiger partial charge in [0.1, 0.15) is 23.0 Å². The third-order valence-corrected chi connectivity index (χ3v) is 11.8. The van der Waals surface area contributed by atoms with E-state index in [1.54, 1.807) is 0 Å². The molecule has 4 aromatic rings. The van der Waals surface area contributed by atoms with Gasteiger partial charge in [-0.3, -0.25) is 0 Å². The molecule has 4 aromatic heterocycles. The minimum Gasteiger partial charge on any atom is -0.389 e. The number of hydrogen-bond donors (Lipinski definition) is 3. The van der Waals surface area contributed by atoms with Gasteiger partial charge in [0.25, 0.3) is 0 Å². The number of anilines is 2. The zero-order valence-corrected chi connectivity index (χ0v) is 27.1. The van der Waals surface area contributed by atoms with Gasteiger partial charge in [-0.25, -0.2) is 14.6 Å². The van der Waals surface area contributed by atoms with Crippen molar-refractivity contribution in [2.24, 2.45) is 0 Å². The minimum atomic E-state index is -0.890. The standard InChI is InChI=1S/C33H38N10O2S/c1-18(21-8-5-13-37-21)43-31-24(22(16-35)40-43)30(42-14-6-10-32(2,44)17-42)38-29(39-31)26-19-7-3-11-33(27(19)45-41-26)12-4-9-23-25(33)20(15-34)28(36)46-23/h18,21,37,44H,3-14,17,36H2,1-2H3/t18-,21-,32+,33-/m0/s1. The number of nitriles is 2. The molecule has 4 N–H and O–H groups in total. The molecule has 238 valence electrons. The van der Waals surface area contributed by atoms with Gasteiger partial charge in [0, 0.05) is 29.6 Å². The smallest absolute Gasteiger partial charge is 0.186 e. The molecule has 0 radical (unpaired) electrons. The quantitative estimate of drug-likeness (QED) is 0.287. The summed E-state index contributed by atoms with van der Waals surface area (Å²) in [4.78, 5) is 13.5. The van der Waals surface area contributed by atoms with Crippen molar-refractivity contribution in [3.8, 4) is 23.7 Å². The number of nitrogen functional groups attached to an aromatic ring is 1. The number of nitrogens with zero attached hydrogens (tertiary/aromatic N) is 8. The zero-order chi connectivity index (χ0) is 31.8. The van der Waals surface area contributed by atoms with Gasteiger partial charge in [-0.15, -0.1) is 11.3 Å². The van der Waals surface area contributed by atoms with Crippen LogP contribution in [-0.2, 0) is 18.3 Å². The first-order chi connectivity index (χ1) is 22.2. The molecule has 46 heavy (non-hydrogen) atoms. The number of rotatable bonds is 4. The first-order valence-electron chi connectivity index (χ1n) is 16.5. The molecule has 2 saturated heterocycles. The molecule has 0 bridgehead atoms. The fraction of sp³-hybridized carbons (Fsp3) is 0.576. The van der Waals surface area contributed by atoms with E-state index in [0.717, 1.165) is 81.2 Å². The Bertz CT molecular complexity index is 1930. The van der Waals surface area contributed by atoms with Crippen LogP contribution in [0.25, 0.3) is 22.6 Å². The van der Waals surface area contributed by atoms with E-state index in [0.29, 0.717) is 58.4 Å². The second kappa shape index (κ2) is 10.8. The van der Waals surface area contributed by atoms with Crippen molar-refractivity contribution in [3.05, 3.63) is 33.0 Å². The molecule has 2 aliphatic carbocycles. The maximum absolute atomic E-state index is 11.1. The van der Waals surface area contributed by atoms with Crippen LogP contribution in [0.2, 0.25) is 0 Å². The maximum Gasteiger partial charge on any atom is 0.186 e. The second-order valence-electron chi connectivity index (χ2n) is 13.8. The van der Waals surface area contributed by atoms with E-state index in [4.69, 9.17) is 25.3 Å². The Kier molecular flexibility index (Phi) is 6.87. The maximum atomic E-state index is 11.1. The minimum absolute atomic E-state index is 0.0456. The normalized spacial score (nSPS) is 26.5. The number of fused-ring (bicyclic) bond motifs is 5. The molecule has 1 spiro atoms. The monoisotopic (exact) mass is 638 g/mol. The molecule has 0 amide bonds. The number of nitrogens with two attached hydrogens (primary N) is 1. The van der Waals surface area contributed by atoms with Gasteiger partial charge in [-0.2, -0.15) is 15.6 Å². The fourth-order valence-corrected chi connectivity index (χ4v) is 9.79. The van der Waals surface area contributed by atoms with Gasteiger partial charge in [-0.05, 0) is 90.2 Å². The van der Waals surface area contributed by atoms with E-state index < -0.39 is 11.0 Å². The Balaban J connectivity index is 1.33. The van der Waals surface area contributed by atoms with Gasteiger partial charge in [-0.1, -0.05) is 5.16 Å².